The molecule has 1 unspecified atom stereocenters. The summed E-state index contributed by atoms with van der Waals surface area (Å²) in [5.74, 6) is -0.144. The number of hydrogen-bond acceptors (Lipinski definition) is 5. The molecule has 1 fully saturated rings. The molecule has 0 radical (unpaired) electrons. The van der Waals surface area contributed by atoms with Crippen molar-refractivity contribution in [2.24, 2.45) is 11.8 Å². The molecular weight excluding hydrogens is 392 g/mol. The van der Waals surface area contributed by atoms with Gasteiger partial charge in [-0.1, -0.05) is 42.5 Å². The van der Waals surface area contributed by atoms with Crippen molar-refractivity contribution in [2.45, 2.75) is 96.1 Å². The Morgan fingerprint density at radius 3 is 2.52 bits per heavy atom. The number of aliphatic hydroxyl groups excluding tert-OH is 3. The Bertz CT molecular complexity index is 657. The lowest BCUT2D eigenvalue weighted by atomic mass is 9.85. The normalized spacial score (nSPS) is 24.7. The molecule has 0 amide bonds. The molecule has 5 nitrogen and oxygen atoms in total. The Balaban J connectivity index is 1.70. The van der Waals surface area contributed by atoms with Gasteiger partial charge >= 0.3 is 5.97 Å². The average molecular weight is 433 g/mol. The number of esters is 1. The fourth-order valence-corrected chi connectivity index (χ4v) is 4.47. The van der Waals surface area contributed by atoms with Crippen molar-refractivity contribution in [1.82, 2.24) is 0 Å². The van der Waals surface area contributed by atoms with Crippen molar-refractivity contribution < 1.29 is 24.9 Å². The van der Waals surface area contributed by atoms with Crippen LogP contribution in [0.3, 0.4) is 0 Å². The van der Waals surface area contributed by atoms with Crippen LogP contribution >= 0.6 is 0 Å². The summed E-state index contributed by atoms with van der Waals surface area (Å²) in [6, 6.07) is 10.1. The summed E-state index contributed by atoms with van der Waals surface area (Å²) in [6.45, 7) is 3.69. The Morgan fingerprint density at radius 2 is 1.81 bits per heavy atom. The molecule has 174 valence electrons. The van der Waals surface area contributed by atoms with Crippen molar-refractivity contribution in [3.8, 4) is 0 Å². The Morgan fingerprint density at radius 1 is 1.10 bits per heavy atom. The molecule has 5 atom stereocenters. The van der Waals surface area contributed by atoms with E-state index in [1.807, 2.05) is 38.1 Å². The fraction of sp³-hybridized carbons (Fsp3) is 0.654. The minimum absolute atomic E-state index is 0.00652. The molecule has 1 saturated carbocycles. The summed E-state index contributed by atoms with van der Waals surface area (Å²) in [5, 5.41) is 31.2. The number of carbonyl (C=O) groups excluding carboxylic acids is 1. The minimum atomic E-state index is -0.513. The standard InChI is InChI=1S/C26H40O5/c1-19(2)31-26(30)13-9-4-3-8-12-22-23(25(29)18-24(22)28)17-16-21(27)15-14-20-10-6-5-7-11-20/h3,5-8,10-11,19,21-25,27-29H,4,9,12-18H2,1-2H3/b8-3-/t21-,22?,23+,24-,25+/m0/s1. The highest BCUT2D eigenvalue weighted by Crippen LogP contribution is 2.38. The molecular formula is C26H40O5. The van der Waals surface area contributed by atoms with Gasteiger partial charge < -0.3 is 20.1 Å². The number of carbonyl (C=O) groups is 1. The molecule has 31 heavy (non-hydrogen) atoms. The smallest absolute Gasteiger partial charge is 0.306 e. The van der Waals surface area contributed by atoms with E-state index in [-0.39, 0.29) is 23.9 Å². The molecule has 1 aromatic rings. The van der Waals surface area contributed by atoms with E-state index in [0.29, 0.717) is 38.5 Å². The third-order valence-corrected chi connectivity index (χ3v) is 6.16. The lowest BCUT2D eigenvalue weighted by Gasteiger charge is -2.23. The first-order valence-electron chi connectivity index (χ1n) is 11.8. The Hall–Kier alpha value is -1.69. The predicted molar refractivity (Wildman–Crippen MR) is 122 cm³/mol. The predicted octanol–water partition coefficient (Wildman–Crippen LogP) is 4.19. The van der Waals surface area contributed by atoms with E-state index in [2.05, 4.69) is 18.2 Å². The van der Waals surface area contributed by atoms with Gasteiger partial charge in [-0.05, 0) is 82.6 Å². The first-order chi connectivity index (χ1) is 14.9. The van der Waals surface area contributed by atoms with E-state index >= 15 is 0 Å². The van der Waals surface area contributed by atoms with Crippen molar-refractivity contribution in [1.29, 1.82) is 0 Å². The van der Waals surface area contributed by atoms with Gasteiger partial charge in [0.15, 0.2) is 0 Å². The van der Waals surface area contributed by atoms with E-state index < -0.39 is 18.3 Å². The quantitative estimate of drug-likeness (QED) is 0.247. The summed E-state index contributed by atoms with van der Waals surface area (Å²) >= 11 is 0. The van der Waals surface area contributed by atoms with Gasteiger partial charge in [0.25, 0.3) is 0 Å². The number of aliphatic hydroxyl groups is 3. The number of allylic oxidation sites excluding steroid dienone is 2. The van der Waals surface area contributed by atoms with Crippen LogP contribution in [0.5, 0.6) is 0 Å². The summed E-state index contributed by atoms with van der Waals surface area (Å²) in [6.07, 6.45) is 8.58. The van der Waals surface area contributed by atoms with Crippen molar-refractivity contribution in [2.75, 3.05) is 0 Å². The summed E-state index contributed by atoms with van der Waals surface area (Å²) in [4.78, 5) is 11.5. The van der Waals surface area contributed by atoms with Gasteiger partial charge in [0.1, 0.15) is 0 Å². The summed E-state index contributed by atoms with van der Waals surface area (Å²) in [7, 11) is 0. The van der Waals surface area contributed by atoms with E-state index in [1.165, 1.54) is 5.56 Å². The molecule has 0 bridgehead atoms. The van der Waals surface area contributed by atoms with Crippen molar-refractivity contribution in [3.63, 3.8) is 0 Å². The van der Waals surface area contributed by atoms with E-state index in [9.17, 15) is 20.1 Å². The van der Waals surface area contributed by atoms with Crippen LogP contribution in [0.1, 0.15) is 70.8 Å². The highest BCUT2D eigenvalue weighted by molar-refractivity contribution is 5.69. The van der Waals surface area contributed by atoms with Crippen LogP contribution < -0.4 is 0 Å². The number of unbranched alkanes of at least 4 members (excludes halogenated alkanes) is 1. The van der Waals surface area contributed by atoms with Gasteiger partial charge in [-0.25, -0.2) is 0 Å². The zero-order valence-electron chi connectivity index (χ0n) is 19.0. The van der Waals surface area contributed by atoms with Gasteiger partial charge in [-0.3, -0.25) is 4.79 Å². The lowest BCUT2D eigenvalue weighted by molar-refractivity contribution is -0.147. The van der Waals surface area contributed by atoms with Gasteiger partial charge in [0.2, 0.25) is 0 Å². The van der Waals surface area contributed by atoms with Gasteiger partial charge in [-0.2, -0.15) is 0 Å². The maximum Gasteiger partial charge on any atom is 0.306 e. The molecule has 0 aromatic heterocycles. The van der Waals surface area contributed by atoms with E-state index in [0.717, 1.165) is 19.3 Å². The third-order valence-electron chi connectivity index (χ3n) is 6.16. The highest BCUT2D eigenvalue weighted by Gasteiger charge is 2.40. The second-order valence-corrected chi connectivity index (χ2v) is 9.09. The number of rotatable bonds is 13. The first-order valence-corrected chi connectivity index (χ1v) is 11.8. The maximum atomic E-state index is 11.5. The summed E-state index contributed by atoms with van der Waals surface area (Å²) < 4.78 is 5.12. The van der Waals surface area contributed by atoms with Gasteiger partial charge in [0, 0.05) is 6.42 Å². The monoisotopic (exact) mass is 432 g/mol. The van der Waals surface area contributed by atoms with Crippen LogP contribution in [-0.4, -0.2) is 45.7 Å². The molecule has 0 heterocycles. The Kier molecular flexibility index (Phi) is 11.3. The first kappa shape index (κ1) is 25.6. The molecule has 5 heteroatoms. The third kappa shape index (κ3) is 9.55. The molecule has 0 aliphatic heterocycles. The zero-order valence-corrected chi connectivity index (χ0v) is 19.0. The van der Waals surface area contributed by atoms with Crippen LogP contribution in [0, 0.1) is 11.8 Å². The number of hydrogen-bond donors (Lipinski definition) is 3. The Labute approximate surface area is 187 Å². The molecule has 2 rings (SSSR count). The number of benzene rings is 1. The second-order valence-electron chi connectivity index (χ2n) is 9.09. The molecule has 0 saturated heterocycles. The SMILES string of the molecule is CC(C)OC(=O)CCC/C=C\CC1[C@@H](CC[C@@H](O)CCc2ccccc2)[C@H](O)C[C@@H]1O. The molecule has 1 aromatic carbocycles. The van der Waals surface area contributed by atoms with Crippen LogP contribution in [0.15, 0.2) is 42.5 Å². The molecule has 1 aliphatic carbocycles. The maximum absolute atomic E-state index is 11.5. The second kappa shape index (κ2) is 13.7. The molecule has 3 N–H and O–H groups in total. The van der Waals surface area contributed by atoms with Crippen LogP contribution in [0.4, 0.5) is 0 Å². The van der Waals surface area contributed by atoms with Crippen molar-refractivity contribution >= 4 is 5.97 Å². The van der Waals surface area contributed by atoms with Crippen LogP contribution in [0.25, 0.3) is 0 Å². The zero-order chi connectivity index (χ0) is 22.6. The molecule has 1 aliphatic rings. The fourth-order valence-electron chi connectivity index (χ4n) is 4.47. The minimum Gasteiger partial charge on any atom is -0.463 e. The van der Waals surface area contributed by atoms with Crippen molar-refractivity contribution in [3.05, 3.63) is 48.0 Å². The van der Waals surface area contributed by atoms with Crippen LogP contribution in [-0.2, 0) is 16.0 Å². The number of ether oxygens (including phenoxy) is 1. The summed E-state index contributed by atoms with van der Waals surface area (Å²) in [5.41, 5.74) is 1.22. The van der Waals surface area contributed by atoms with Crippen LogP contribution in [0.2, 0.25) is 0 Å². The van der Waals surface area contributed by atoms with E-state index in [1.54, 1.807) is 0 Å². The highest BCUT2D eigenvalue weighted by atomic mass is 16.5. The largest absolute Gasteiger partial charge is 0.463 e. The average Bonchev–Trinajstić information content (AvgIpc) is 3.00. The molecule has 0 spiro atoms. The number of aryl methyl sites for hydroxylation is 1. The van der Waals surface area contributed by atoms with Gasteiger partial charge in [0.05, 0.1) is 24.4 Å². The van der Waals surface area contributed by atoms with E-state index in [4.69, 9.17) is 4.74 Å². The van der Waals surface area contributed by atoms with Gasteiger partial charge in [-0.15, -0.1) is 0 Å². The topological polar surface area (TPSA) is 87.0 Å². The lowest BCUT2D eigenvalue weighted by Crippen LogP contribution is -2.23.